The molecule has 0 saturated carbocycles. The summed E-state index contributed by atoms with van der Waals surface area (Å²) in [5.74, 6) is 1.86. The number of piperidine rings is 1. The molecule has 1 atom stereocenters. The first-order valence-electron chi connectivity index (χ1n) is 8.82. The van der Waals surface area contributed by atoms with E-state index in [4.69, 9.17) is 4.42 Å². The minimum Gasteiger partial charge on any atom is -0.461 e. The van der Waals surface area contributed by atoms with E-state index < -0.39 is 0 Å². The van der Waals surface area contributed by atoms with E-state index in [9.17, 15) is 9.90 Å². The lowest BCUT2D eigenvalue weighted by atomic mass is 9.99. The molecule has 1 amide bonds. The molecule has 1 aliphatic rings. The van der Waals surface area contributed by atoms with Crippen molar-refractivity contribution >= 4 is 5.91 Å². The number of nitrogens with zero attached hydrogens (tertiary/aromatic N) is 1. The van der Waals surface area contributed by atoms with Crippen molar-refractivity contribution in [3.8, 4) is 11.3 Å². The lowest BCUT2D eigenvalue weighted by Gasteiger charge is -2.35. The molecule has 4 nitrogen and oxygen atoms in total. The van der Waals surface area contributed by atoms with E-state index in [2.05, 4.69) is 0 Å². The molecule has 0 bridgehead atoms. The van der Waals surface area contributed by atoms with Crippen LogP contribution in [0.25, 0.3) is 11.3 Å². The first kappa shape index (κ1) is 16.8. The third kappa shape index (κ3) is 4.06. The molecule has 1 unspecified atom stereocenters. The monoisotopic (exact) mass is 327 g/mol. The van der Waals surface area contributed by atoms with Gasteiger partial charge in [-0.25, -0.2) is 0 Å². The number of aliphatic hydroxyl groups is 1. The molecular weight excluding hydrogens is 302 g/mol. The van der Waals surface area contributed by atoms with Crippen molar-refractivity contribution in [3.05, 3.63) is 48.2 Å². The Morgan fingerprint density at radius 3 is 2.79 bits per heavy atom. The van der Waals surface area contributed by atoms with Crippen LogP contribution in [0.3, 0.4) is 0 Å². The lowest BCUT2D eigenvalue weighted by molar-refractivity contribution is -0.135. The Balaban J connectivity index is 1.57. The van der Waals surface area contributed by atoms with E-state index >= 15 is 0 Å². The number of carbonyl (C=O) groups excluding carboxylic acids is 1. The van der Waals surface area contributed by atoms with Crippen molar-refractivity contribution in [3.63, 3.8) is 0 Å². The van der Waals surface area contributed by atoms with Crippen LogP contribution in [0.4, 0.5) is 0 Å². The van der Waals surface area contributed by atoms with Gasteiger partial charge in [-0.2, -0.15) is 0 Å². The normalized spacial score (nSPS) is 17.9. The molecule has 1 fully saturated rings. The molecule has 2 heterocycles. The van der Waals surface area contributed by atoms with Crippen LogP contribution in [-0.4, -0.2) is 35.1 Å². The number of hydrogen-bond donors (Lipinski definition) is 1. The Kier molecular flexibility index (Phi) is 5.70. The number of hydrogen-bond acceptors (Lipinski definition) is 3. The zero-order valence-corrected chi connectivity index (χ0v) is 14.0. The minimum atomic E-state index is 0.146. The number of likely N-dealkylation sites (tertiary alicyclic amines) is 1. The highest BCUT2D eigenvalue weighted by molar-refractivity contribution is 5.76. The standard InChI is InChI=1S/C20H25NO3/c22-15-13-17-8-4-5-14-21(17)20(23)12-10-18-9-11-19(24-18)16-6-2-1-3-7-16/h1-3,6-7,9,11,17,22H,4-5,8,10,12-15H2. The van der Waals surface area contributed by atoms with E-state index in [1.807, 2.05) is 47.4 Å². The van der Waals surface area contributed by atoms with Gasteiger partial charge < -0.3 is 14.4 Å². The summed E-state index contributed by atoms with van der Waals surface area (Å²) in [5, 5.41) is 9.18. The summed E-state index contributed by atoms with van der Waals surface area (Å²) in [4.78, 5) is 14.5. The predicted octanol–water partition coefficient (Wildman–Crippen LogP) is 3.64. The van der Waals surface area contributed by atoms with Crippen molar-refractivity contribution < 1.29 is 14.3 Å². The summed E-state index contributed by atoms with van der Waals surface area (Å²) in [6.07, 6.45) is 4.98. The van der Waals surface area contributed by atoms with Crippen LogP contribution in [0.15, 0.2) is 46.9 Å². The molecule has 1 aromatic heterocycles. The molecule has 0 radical (unpaired) electrons. The molecule has 0 aliphatic carbocycles. The number of amides is 1. The van der Waals surface area contributed by atoms with Gasteiger partial charge in [0, 0.05) is 37.6 Å². The highest BCUT2D eigenvalue weighted by Crippen LogP contribution is 2.24. The third-order valence-corrected chi connectivity index (χ3v) is 4.72. The Labute approximate surface area is 143 Å². The van der Waals surface area contributed by atoms with Gasteiger partial charge in [-0.15, -0.1) is 0 Å². The topological polar surface area (TPSA) is 53.7 Å². The molecule has 1 saturated heterocycles. The first-order valence-corrected chi connectivity index (χ1v) is 8.82. The van der Waals surface area contributed by atoms with Crippen molar-refractivity contribution in [2.75, 3.05) is 13.2 Å². The molecule has 24 heavy (non-hydrogen) atoms. The molecule has 4 heteroatoms. The molecule has 2 aromatic rings. The van der Waals surface area contributed by atoms with Crippen molar-refractivity contribution in [1.29, 1.82) is 0 Å². The summed E-state index contributed by atoms with van der Waals surface area (Å²) >= 11 is 0. The summed E-state index contributed by atoms with van der Waals surface area (Å²) < 4.78 is 5.87. The molecule has 128 valence electrons. The van der Waals surface area contributed by atoms with Crippen LogP contribution in [-0.2, 0) is 11.2 Å². The van der Waals surface area contributed by atoms with Gasteiger partial charge >= 0.3 is 0 Å². The fraction of sp³-hybridized carbons (Fsp3) is 0.450. The summed E-state index contributed by atoms with van der Waals surface area (Å²) in [7, 11) is 0. The van der Waals surface area contributed by atoms with Gasteiger partial charge in [-0.1, -0.05) is 30.3 Å². The van der Waals surface area contributed by atoms with Crippen LogP contribution >= 0.6 is 0 Å². The predicted molar refractivity (Wildman–Crippen MR) is 93.5 cm³/mol. The summed E-state index contributed by atoms with van der Waals surface area (Å²) in [6, 6.07) is 14.1. The molecule has 3 rings (SSSR count). The lowest BCUT2D eigenvalue weighted by Crippen LogP contribution is -2.44. The average Bonchev–Trinajstić information content (AvgIpc) is 3.10. The van der Waals surface area contributed by atoms with Crippen LogP contribution < -0.4 is 0 Å². The van der Waals surface area contributed by atoms with Gasteiger partial charge in [0.15, 0.2) is 0 Å². The Bertz CT molecular complexity index is 648. The first-order chi connectivity index (χ1) is 11.8. The number of carbonyl (C=O) groups is 1. The number of rotatable bonds is 6. The molecule has 1 N–H and O–H groups in total. The van der Waals surface area contributed by atoms with Gasteiger partial charge in [0.25, 0.3) is 0 Å². The van der Waals surface area contributed by atoms with E-state index in [0.29, 0.717) is 19.3 Å². The Morgan fingerprint density at radius 1 is 1.17 bits per heavy atom. The highest BCUT2D eigenvalue weighted by Gasteiger charge is 2.25. The molecule has 1 aliphatic heterocycles. The van der Waals surface area contributed by atoms with Crippen molar-refractivity contribution in [1.82, 2.24) is 4.90 Å². The molecular formula is C20H25NO3. The van der Waals surface area contributed by atoms with Crippen molar-refractivity contribution in [2.45, 2.75) is 44.6 Å². The molecule has 1 aromatic carbocycles. The van der Waals surface area contributed by atoms with Crippen LogP contribution in [0.5, 0.6) is 0 Å². The smallest absolute Gasteiger partial charge is 0.223 e. The maximum atomic E-state index is 12.5. The zero-order valence-electron chi connectivity index (χ0n) is 14.0. The Morgan fingerprint density at radius 2 is 2.00 bits per heavy atom. The summed E-state index contributed by atoms with van der Waals surface area (Å²) in [6.45, 7) is 0.962. The SMILES string of the molecule is O=C(CCc1ccc(-c2ccccc2)o1)N1CCCCC1CCO. The fourth-order valence-corrected chi connectivity index (χ4v) is 3.42. The second-order valence-electron chi connectivity index (χ2n) is 6.38. The van der Waals surface area contributed by atoms with E-state index in [1.54, 1.807) is 0 Å². The van der Waals surface area contributed by atoms with Gasteiger partial charge in [0.1, 0.15) is 11.5 Å². The maximum Gasteiger partial charge on any atom is 0.223 e. The highest BCUT2D eigenvalue weighted by atomic mass is 16.3. The third-order valence-electron chi connectivity index (χ3n) is 4.72. The molecule has 0 spiro atoms. The zero-order chi connectivity index (χ0) is 16.8. The number of aliphatic hydroxyl groups excluding tert-OH is 1. The second kappa shape index (κ2) is 8.15. The largest absolute Gasteiger partial charge is 0.461 e. The fourth-order valence-electron chi connectivity index (χ4n) is 3.42. The van der Waals surface area contributed by atoms with E-state index in [0.717, 1.165) is 42.9 Å². The van der Waals surface area contributed by atoms with Crippen LogP contribution in [0, 0.1) is 0 Å². The van der Waals surface area contributed by atoms with E-state index in [-0.39, 0.29) is 18.6 Å². The van der Waals surface area contributed by atoms with Crippen LogP contribution in [0.1, 0.15) is 37.9 Å². The van der Waals surface area contributed by atoms with E-state index in [1.165, 1.54) is 0 Å². The quantitative estimate of drug-likeness (QED) is 0.881. The van der Waals surface area contributed by atoms with Crippen LogP contribution in [0.2, 0.25) is 0 Å². The van der Waals surface area contributed by atoms with Gasteiger partial charge in [0.2, 0.25) is 5.91 Å². The summed E-state index contributed by atoms with van der Waals surface area (Å²) in [5.41, 5.74) is 1.05. The maximum absolute atomic E-state index is 12.5. The van der Waals surface area contributed by atoms with Gasteiger partial charge in [0.05, 0.1) is 0 Å². The number of furan rings is 1. The van der Waals surface area contributed by atoms with Crippen molar-refractivity contribution in [2.24, 2.45) is 0 Å². The Hall–Kier alpha value is -2.07. The minimum absolute atomic E-state index is 0.146. The van der Waals surface area contributed by atoms with Gasteiger partial charge in [-0.3, -0.25) is 4.79 Å². The number of aryl methyl sites for hydroxylation is 1. The second-order valence-corrected chi connectivity index (χ2v) is 6.38. The van der Waals surface area contributed by atoms with Gasteiger partial charge in [-0.05, 0) is 37.8 Å². The average molecular weight is 327 g/mol. The number of benzene rings is 1.